The van der Waals surface area contributed by atoms with Crippen molar-refractivity contribution in [3.05, 3.63) is 140 Å². The molecule has 1 radical (unpaired) electrons. The van der Waals surface area contributed by atoms with E-state index in [0.717, 1.165) is 39.2 Å². The van der Waals surface area contributed by atoms with E-state index in [-0.39, 0.29) is 25.8 Å². The molecule has 11 nitrogen and oxygen atoms in total. The van der Waals surface area contributed by atoms with E-state index in [0.29, 0.717) is 17.1 Å². The first kappa shape index (κ1) is 36.1. The van der Waals surface area contributed by atoms with E-state index in [1.54, 1.807) is 44.7 Å². The van der Waals surface area contributed by atoms with Gasteiger partial charge in [0.15, 0.2) is 0 Å². The maximum atomic E-state index is 13.0. The Hall–Kier alpha value is -5.71. The zero-order valence-corrected chi connectivity index (χ0v) is 30.6. The van der Waals surface area contributed by atoms with E-state index in [4.69, 9.17) is 4.98 Å². The summed E-state index contributed by atoms with van der Waals surface area (Å²) in [6.07, 6.45) is 10.0. The summed E-state index contributed by atoms with van der Waals surface area (Å²) in [5, 5.41) is 18.1. The number of fused-ring (bicyclic) bond motifs is 3. The van der Waals surface area contributed by atoms with Gasteiger partial charge in [0.2, 0.25) is 0 Å². The third-order valence-electron chi connectivity index (χ3n) is 8.42. The summed E-state index contributed by atoms with van der Waals surface area (Å²) < 4.78 is 40.9. The zero-order valence-electron chi connectivity index (χ0n) is 28.2. The van der Waals surface area contributed by atoms with E-state index in [2.05, 4.69) is 38.4 Å². The number of pyridine rings is 3. The number of aromatic nitrogens is 6. The van der Waals surface area contributed by atoms with Crippen LogP contribution in [0.4, 0.5) is 24.5 Å². The molecule has 5 aromatic heterocycles. The van der Waals surface area contributed by atoms with Crippen LogP contribution in [-0.2, 0) is 31.7 Å². The summed E-state index contributed by atoms with van der Waals surface area (Å²) in [7, 11) is 3.91. The van der Waals surface area contributed by atoms with Crippen LogP contribution in [0.25, 0.3) is 27.6 Å². The molecule has 0 spiro atoms. The van der Waals surface area contributed by atoms with Crippen molar-refractivity contribution in [2.75, 3.05) is 23.9 Å². The zero-order chi connectivity index (χ0) is 35.9. The van der Waals surface area contributed by atoms with Gasteiger partial charge in [0, 0.05) is 43.4 Å². The topological polar surface area (TPSA) is 107 Å². The molecule has 8 rings (SSSR count). The Morgan fingerprint density at radius 2 is 1.54 bits per heavy atom. The normalized spacial score (nSPS) is 14.2. The van der Waals surface area contributed by atoms with E-state index >= 15 is 0 Å². The van der Waals surface area contributed by atoms with Gasteiger partial charge in [0.1, 0.15) is 11.5 Å². The van der Waals surface area contributed by atoms with Crippen molar-refractivity contribution < 1.29 is 33.3 Å². The quantitative estimate of drug-likeness (QED) is 0.178. The molecule has 0 amide bonds. The van der Waals surface area contributed by atoms with Crippen LogP contribution in [-0.4, -0.2) is 48.5 Å². The van der Waals surface area contributed by atoms with E-state index < -0.39 is 17.3 Å². The van der Waals surface area contributed by atoms with Gasteiger partial charge in [0.05, 0.1) is 11.8 Å². The molecule has 0 atom stereocenters. The number of alkyl halides is 3. The number of hydrogen-bond donors (Lipinski definition) is 0. The fourth-order valence-electron chi connectivity index (χ4n) is 5.71. The molecule has 0 saturated carbocycles. The van der Waals surface area contributed by atoms with E-state index in [1.807, 2.05) is 107 Å². The van der Waals surface area contributed by atoms with Crippen LogP contribution in [0.1, 0.15) is 36.5 Å². The van der Waals surface area contributed by atoms with Crippen molar-refractivity contribution in [1.82, 2.24) is 39.5 Å². The van der Waals surface area contributed by atoms with Crippen molar-refractivity contribution in [3.63, 3.8) is 0 Å². The van der Waals surface area contributed by atoms with Crippen LogP contribution in [0.3, 0.4) is 0 Å². The van der Waals surface area contributed by atoms with Crippen LogP contribution in [0.5, 0.6) is 0 Å². The van der Waals surface area contributed by atoms with Gasteiger partial charge in [-0.1, -0.05) is 37.1 Å². The fourth-order valence-corrected chi connectivity index (χ4v) is 5.71. The molecule has 2 aliphatic heterocycles. The first-order valence-corrected chi connectivity index (χ1v) is 15.6. The molecule has 15 heteroatoms. The third kappa shape index (κ3) is 6.95. The molecule has 0 unspecified atom stereocenters. The SMILES string of the molecule is CC(C)(c1cccc(-n2c3[c-]cncc3c3cnccc32)n1)c1cc(C(F)(F)F)n[n-]1.CN1C=CN(c2[c-]c(N3C=CN(C)[CH-]3)cc(C#N)c2)[CH-]1.[Ir]. The Balaban J connectivity index is 0.000000192. The minimum Gasteiger partial charge on any atom is -0.578 e. The summed E-state index contributed by atoms with van der Waals surface area (Å²) in [4.78, 5) is 20.9. The molecule has 0 aliphatic carbocycles. The Morgan fingerprint density at radius 1 is 0.865 bits per heavy atom. The number of nitriles is 1. The Morgan fingerprint density at radius 3 is 2.13 bits per heavy atom. The summed E-state index contributed by atoms with van der Waals surface area (Å²) in [5.41, 5.74) is 2.83. The maximum Gasteiger partial charge on any atom is 0.431 e. The van der Waals surface area contributed by atoms with Gasteiger partial charge in [-0.3, -0.25) is 4.98 Å². The molecular weight excluding hydrogens is 848 g/mol. The second-order valence-corrected chi connectivity index (χ2v) is 12.4. The summed E-state index contributed by atoms with van der Waals surface area (Å²) in [6.45, 7) is 7.42. The van der Waals surface area contributed by atoms with Gasteiger partial charge < -0.3 is 39.3 Å². The molecule has 2 aliphatic rings. The summed E-state index contributed by atoms with van der Waals surface area (Å²) >= 11 is 0. The number of anilines is 2. The van der Waals surface area contributed by atoms with Gasteiger partial charge in [-0.2, -0.15) is 31.8 Å². The second-order valence-electron chi connectivity index (χ2n) is 12.4. The fraction of sp³-hybridized carbons (Fsp3) is 0.162. The number of rotatable bonds is 5. The van der Waals surface area contributed by atoms with Crippen LogP contribution in [0.2, 0.25) is 0 Å². The Bertz CT molecular complexity index is 2240. The van der Waals surface area contributed by atoms with E-state index in [1.165, 1.54) is 0 Å². The van der Waals surface area contributed by atoms with Crippen LogP contribution < -0.4 is 14.9 Å². The molecule has 1 aromatic carbocycles. The van der Waals surface area contributed by atoms with Gasteiger partial charge in [-0.25, -0.2) is 11.1 Å². The van der Waals surface area contributed by atoms with Gasteiger partial charge >= 0.3 is 6.18 Å². The third-order valence-corrected chi connectivity index (χ3v) is 8.42. The molecule has 0 saturated heterocycles. The number of benzene rings is 1. The molecule has 6 aromatic rings. The van der Waals surface area contributed by atoms with Crippen molar-refractivity contribution in [2.24, 2.45) is 0 Å². The van der Waals surface area contributed by atoms with Crippen LogP contribution >= 0.6 is 0 Å². The monoisotopic (exact) mass is 877 g/mol. The van der Waals surface area contributed by atoms with Crippen LogP contribution in [0, 0.1) is 36.8 Å². The first-order valence-electron chi connectivity index (χ1n) is 15.6. The van der Waals surface area contributed by atoms with Crippen LogP contribution in [0.15, 0.2) is 92.1 Å². The summed E-state index contributed by atoms with van der Waals surface area (Å²) in [6, 6.07) is 20.6. The molecular formula is C37H29F3IrN11-5. The number of halogens is 3. The van der Waals surface area contributed by atoms with Gasteiger partial charge in [-0.05, 0) is 69.4 Å². The molecule has 0 bridgehead atoms. The molecule has 7 heterocycles. The molecule has 52 heavy (non-hydrogen) atoms. The minimum atomic E-state index is -4.54. The molecule has 0 fully saturated rings. The Labute approximate surface area is 311 Å². The average molecular weight is 877 g/mol. The number of hydrogen-bond acceptors (Lipinski definition) is 9. The first-order chi connectivity index (χ1) is 24.4. The molecule has 0 N–H and O–H groups in total. The predicted molar refractivity (Wildman–Crippen MR) is 185 cm³/mol. The predicted octanol–water partition coefficient (Wildman–Crippen LogP) is 6.51. The van der Waals surface area contributed by atoms with Crippen molar-refractivity contribution in [3.8, 4) is 11.9 Å². The van der Waals surface area contributed by atoms with Gasteiger partial charge in [-0.15, -0.1) is 46.2 Å². The maximum absolute atomic E-state index is 13.0. The number of nitrogens with zero attached hydrogens (tertiary/aromatic N) is 11. The van der Waals surface area contributed by atoms with Gasteiger partial charge in [0.25, 0.3) is 0 Å². The Kier molecular flexibility index (Phi) is 9.81. The smallest absolute Gasteiger partial charge is 0.431 e. The molecule has 267 valence electrons. The van der Waals surface area contributed by atoms with Crippen molar-refractivity contribution >= 4 is 33.2 Å². The second kappa shape index (κ2) is 14.1. The average Bonchev–Trinajstić information content (AvgIpc) is 3.94. The van der Waals surface area contributed by atoms with Crippen molar-refractivity contribution in [2.45, 2.75) is 25.4 Å². The minimum absolute atomic E-state index is 0. The largest absolute Gasteiger partial charge is 0.578 e. The standard InChI is InChI=1S/C22H15F3N6.C15H14N5.Ir/c1-21(2,18-10-19(30-29-18)22(23,24)25)17-4-3-5-20(28-17)31-15-6-8-26-11-13(15)14-12-27-9-7-16(14)31;1-17-3-5-19(11-17)14-7-13(10-16)8-15(9-14)20-6-4-18(2)12-20;/h3-6,8-12H,1-2H3;3-8,11-12H,1-2H3;/q-2;-3;. The summed E-state index contributed by atoms with van der Waals surface area (Å²) in [5.74, 6) is 0.606. The van der Waals surface area contributed by atoms with E-state index in [9.17, 15) is 18.4 Å². The van der Waals surface area contributed by atoms with Crippen molar-refractivity contribution in [1.29, 1.82) is 5.26 Å².